The molecule has 0 atom stereocenters. The molecular weight excluding hydrogens is 217 g/mol. The quantitative estimate of drug-likeness (QED) is 0.774. The zero-order valence-corrected chi connectivity index (χ0v) is 9.20. The Bertz CT molecular complexity index is 428. The van der Waals surface area contributed by atoms with Crippen molar-refractivity contribution < 1.29 is 18.7 Å². The van der Waals surface area contributed by atoms with Gasteiger partial charge in [0.1, 0.15) is 0 Å². The van der Waals surface area contributed by atoms with E-state index in [1.165, 1.54) is 14.0 Å². The van der Waals surface area contributed by atoms with Gasteiger partial charge in [-0.15, -0.1) is 0 Å². The Kier molecular flexibility index (Phi) is 3.60. The summed E-state index contributed by atoms with van der Waals surface area (Å²) in [7, 11) is 1.41. The third-order valence-corrected chi connectivity index (χ3v) is 1.81. The second-order valence-corrected chi connectivity index (χ2v) is 3.04. The van der Waals surface area contributed by atoms with E-state index in [0.29, 0.717) is 0 Å². The molecule has 0 radical (unpaired) electrons. The SMILES string of the molecule is CCOC(=O)c1nc(F)c(NC(C)=O)n1C. The van der Waals surface area contributed by atoms with Crippen molar-refractivity contribution >= 4 is 17.7 Å². The molecular formula is C9H12FN3O3. The maximum atomic E-state index is 13.3. The van der Waals surface area contributed by atoms with Gasteiger partial charge in [0.15, 0.2) is 5.82 Å². The Labute approximate surface area is 91.4 Å². The molecule has 0 aliphatic rings. The van der Waals surface area contributed by atoms with Gasteiger partial charge in [-0.3, -0.25) is 4.79 Å². The number of hydrogen-bond donors (Lipinski definition) is 1. The van der Waals surface area contributed by atoms with Gasteiger partial charge in [-0.05, 0) is 6.92 Å². The molecule has 0 saturated carbocycles. The van der Waals surface area contributed by atoms with Crippen LogP contribution in [0.1, 0.15) is 24.5 Å². The molecule has 0 saturated heterocycles. The maximum Gasteiger partial charge on any atom is 0.374 e. The molecule has 0 aromatic carbocycles. The first kappa shape index (κ1) is 12.2. The van der Waals surface area contributed by atoms with Gasteiger partial charge in [0.2, 0.25) is 11.7 Å². The molecule has 0 bridgehead atoms. The van der Waals surface area contributed by atoms with Gasteiger partial charge in [0, 0.05) is 14.0 Å². The summed E-state index contributed by atoms with van der Waals surface area (Å²) in [6.07, 6.45) is 0. The summed E-state index contributed by atoms with van der Waals surface area (Å²) < 4.78 is 19.1. The monoisotopic (exact) mass is 229 g/mol. The third-order valence-electron chi connectivity index (χ3n) is 1.81. The minimum Gasteiger partial charge on any atom is -0.460 e. The molecule has 0 fully saturated rings. The van der Waals surface area contributed by atoms with Crippen LogP contribution >= 0.6 is 0 Å². The fraction of sp³-hybridized carbons (Fsp3) is 0.444. The van der Waals surface area contributed by atoms with E-state index < -0.39 is 17.8 Å². The number of imidazole rings is 1. The number of carbonyl (C=O) groups is 2. The van der Waals surface area contributed by atoms with E-state index in [1.807, 2.05) is 0 Å². The highest BCUT2D eigenvalue weighted by molar-refractivity contribution is 5.90. The van der Waals surface area contributed by atoms with Crippen LogP contribution in [0.5, 0.6) is 0 Å². The van der Waals surface area contributed by atoms with E-state index in [9.17, 15) is 14.0 Å². The van der Waals surface area contributed by atoms with Crippen LogP contribution < -0.4 is 5.32 Å². The van der Waals surface area contributed by atoms with Gasteiger partial charge in [0.05, 0.1) is 6.61 Å². The number of aromatic nitrogens is 2. The number of ether oxygens (including phenoxy) is 1. The Morgan fingerprint density at radius 1 is 1.56 bits per heavy atom. The molecule has 1 N–H and O–H groups in total. The van der Waals surface area contributed by atoms with Crippen LogP contribution in [0.3, 0.4) is 0 Å². The molecule has 0 unspecified atom stereocenters. The van der Waals surface area contributed by atoms with Crippen molar-refractivity contribution in [3.8, 4) is 0 Å². The highest BCUT2D eigenvalue weighted by Gasteiger charge is 2.21. The summed E-state index contributed by atoms with van der Waals surface area (Å²) >= 11 is 0. The molecule has 1 rings (SSSR count). The first-order chi connectivity index (χ1) is 7.47. The predicted molar refractivity (Wildman–Crippen MR) is 53.4 cm³/mol. The fourth-order valence-corrected chi connectivity index (χ4v) is 1.15. The van der Waals surface area contributed by atoms with Crippen LogP contribution in [0.4, 0.5) is 10.2 Å². The summed E-state index contributed by atoms with van der Waals surface area (Å²) in [6, 6.07) is 0. The molecule has 1 heterocycles. The number of halogens is 1. The molecule has 0 aliphatic carbocycles. The number of nitrogens with one attached hydrogen (secondary N) is 1. The van der Waals surface area contributed by atoms with Gasteiger partial charge < -0.3 is 14.6 Å². The first-order valence-electron chi connectivity index (χ1n) is 4.64. The number of anilines is 1. The summed E-state index contributed by atoms with van der Waals surface area (Å²) in [5, 5.41) is 2.24. The largest absolute Gasteiger partial charge is 0.460 e. The van der Waals surface area contributed by atoms with Crippen molar-refractivity contribution in [2.75, 3.05) is 11.9 Å². The minimum absolute atomic E-state index is 0.157. The standard InChI is InChI=1S/C9H12FN3O3/c1-4-16-9(15)8-12-6(10)7(13(8)3)11-5(2)14/h4H2,1-3H3,(H,11,14). The van der Waals surface area contributed by atoms with Gasteiger partial charge >= 0.3 is 5.97 Å². The van der Waals surface area contributed by atoms with Gasteiger partial charge in [0.25, 0.3) is 5.95 Å². The summed E-state index contributed by atoms with van der Waals surface area (Å²) in [4.78, 5) is 25.5. The lowest BCUT2D eigenvalue weighted by molar-refractivity contribution is -0.114. The fourth-order valence-electron chi connectivity index (χ4n) is 1.15. The lowest BCUT2D eigenvalue weighted by Gasteiger charge is -2.04. The van der Waals surface area contributed by atoms with Crippen molar-refractivity contribution in [3.05, 3.63) is 11.8 Å². The number of hydrogen-bond acceptors (Lipinski definition) is 4. The van der Waals surface area contributed by atoms with Gasteiger partial charge in [-0.2, -0.15) is 9.37 Å². The predicted octanol–water partition coefficient (Wildman–Crippen LogP) is 0.694. The molecule has 1 aromatic heterocycles. The van der Waals surface area contributed by atoms with E-state index in [4.69, 9.17) is 0 Å². The minimum atomic E-state index is -0.916. The Balaban J connectivity index is 3.06. The Morgan fingerprint density at radius 2 is 2.19 bits per heavy atom. The topological polar surface area (TPSA) is 73.2 Å². The van der Waals surface area contributed by atoms with Crippen LogP contribution in [0.2, 0.25) is 0 Å². The normalized spacial score (nSPS) is 10.0. The molecule has 1 aromatic rings. The lowest BCUT2D eigenvalue weighted by Crippen LogP contribution is -2.14. The van der Waals surface area contributed by atoms with E-state index in [2.05, 4.69) is 15.0 Å². The van der Waals surface area contributed by atoms with Crippen molar-refractivity contribution in [2.24, 2.45) is 7.05 Å². The smallest absolute Gasteiger partial charge is 0.374 e. The Morgan fingerprint density at radius 3 is 2.69 bits per heavy atom. The summed E-state index contributed by atoms with van der Waals surface area (Å²) in [6.45, 7) is 3.03. The second-order valence-electron chi connectivity index (χ2n) is 3.04. The highest BCUT2D eigenvalue weighted by atomic mass is 19.1. The van der Waals surface area contributed by atoms with Crippen LogP contribution in [0.15, 0.2) is 0 Å². The van der Waals surface area contributed by atoms with Crippen LogP contribution in [0.25, 0.3) is 0 Å². The molecule has 0 spiro atoms. The maximum absolute atomic E-state index is 13.3. The van der Waals surface area contributed by atoms with Crippen molar-refractivity contribution in [1.82, 2.24) is 9.55 Å². The van der Waals surface area contributed by atoms with Crippen molar-refractivity contribution in [2.45, 2.75) is 13.8 Å². The summed E-state index contributed by atoms with van der Waals surface area (Å²) in [5.41, 5.74) is 0. The number of esters is 1. The van der Waals surface area contributed by atoms with Gasteiger partial charge in [-0.25, -0.2) is 4.79 Å². The number of amides is 1. The summed E-state index contributed by atoms with van der Waals surface area (Å²) in [5.74, 6) is -2.45. The number of carbonyl (C=O) groups excluding carboxylic acids is 2. The molecule has 7 heteroatoms. The molecule has 0 aliphatic heterocycles. The van der Waals surface area contributed by atoms with E-state index in [0.717, 1.165) is 4.57 Å². The van der Waals surface area contributed by atoms with Gasteiger partial charge in [-0.1, -0.05) is 0 Å². The zero-order valence-electron chi connectivity index (χ0n) is 9.20. The van der Waals surface area contributed by atoms with Crippen LogP contribution in [0, 0.1) is 5.95 Å². The van der Waals surface area contributed by atoms with E-state index in [-0.39, 0.29) is 18.2 Å². The molecule has 16 heavy (non-hydrogen) atoms. The van der Waals surface area contributed by atoms with Crippen molar-refractivity contribution in [3.63, 3.8) is 0 Å². The zero-order chi connectivity index (χ0) is 12.3. The van der Waals surface area contributed by atoms with Crippen molar-refractivity contribution in [1.29, 1.82) is 0 Å². The highest BCUT2D eigenvalue weighted by Crippen LogP contribution is 2.15. The van der Waals surface area contributed by atoms with E-state index in [1.54, 1.807) is 6.92 Å². The average molecular weight is 229 g/mol. The molecule has 88 valence electrons. The molecule has 6 nitrogen and oxygen atoms in total. The van der Waals surface area contributed by atoms with Crippen LogP contribution in [-0.2, 0) is 16.6 Å². The molecule has 1 amide bonds. The average Bonchev–Trinajstić information content (AvgIpc) is 2.45. The second kappa shape index (κ2) is 4.73. The number of nitrogens with zero attached hydrogens (tertiary/aromatic N) is 2. The lowest BCUT2D eigenvalue weighted by atomic mass is 10.6. The number of rotatable bonds is 3. The first-order valence-corrected chi connectivity index (χ1v) is 4.64. The van der Waals surface area contributed by atoms with E-state index >= 15 is 0 Å². The third kappa shape index (κ3) is 2.36. The Hall–Kier alpha value is -1.92. The van der Waals surface area contributed by atoms with Crippen LogP contribution in [-0.4, -0.2) is 28.0 Å².